The average molecular weight is 384 g/mol. The number of piperazine rings is 1. The number of rotatable bonds is 3. The van der Waals surface area contributed by atoms with Gasteiger partial charge in [-0.1, -0.05) is 17.3 Å². The van der Waals surface area contributed by atoms with Gasteiger partial charge in [-0.05, 0) is 41.6 Å². The quantitative estimate of drug-likeness (QED) is 0.824. The van der Waals surface area contributed by atoms with Crippen molar-refractivity contribution in [3.8, 4) is 11.5 Å². The summed E-state index contributed by atoms with van der Waals surface area (Å²) in [5, 5.41) is 7.51. The van der Waals surface area contributed by atoms with Crippen LogP contribution < -0.4 is 5.32 Å². The number of aromatic nitrogens is 2. The van der Waals surface area contributed by atoms with Crippen molar-refractivity contribution in [1.82, 2.24) is 20.4 Å². The fourth-order valence-corrected chi connectivity index (χ4v) is 3.00. The second-order valence-corrected chi connectivity index (χ2v) is 6.06. The highest BCUT2D eigenvalue weighted by atomic mass is 127. The third kappa shape index (κ3) is 2.87. The molecule has 1 fully saturated rings. The fourth-order valence-electron chi connectivity index (χ4n) is 2.38. The summed E-state index contributed by atoms with van der Waals surface area (Å²) in [6.45, 7) is 6.22. The van der Waals surface area contributed by atoms with Crippen molar-refractivity contribution in [2.24, 2.45) is 0 Å². The van der Waals surface area contributed by atoms with Crippen molar-refractivity contribution in [2.45, 2.75) is 13.0 Å². The summed E-state index contributed by atoms with van der Waals surface area (Å²) in [7, 11) is 0. The maximum absolute atomic E-state index is 5.44. The number of halogens is 1. The Bertz CT molecular complexity index is 580. The van der Waals surface area contributed by atoms with Crippen molar-refractivity contribution < 1.29 is 4.52 Å². The Labute approximate surface area is 131 Å². The Kier molecular flexibility index (Phi) is 4.32. The Balaban J connectivity index is 1.81. The molecule has 3 rings (SSSR count). The minimum Gasteiger partial charge on any atom is -0.334 e. The van der Waals surface area contributed by atoms with Crippen LogP contribution in [0.25, 0.3) is 11.5 Å². The molecule has 0 amide bonds. The Morgan fingerprint density at radius 1 is 1.30 bits per heavy atom. The van der Waals surface area contributed by atoms with Gasteiger partial charge in [-0.25, -0.2) is 0 Å². The first-order chi connectivity index (χ1) is 9.75. The number of hydrogen-bond donors (Lipinski definition) is 1. The van der Waals surface area contributed by atoms with E-state index in [2.05, 4.69) is 49.9 Å². The van der Waals surface area contributed by atoms with E-state index in [1.165, 1.54) is 0 Å². The molecular weight excluding hydrogens is 367 g/mol. The number of nitrogens with one attached hydrogen (secondary N) is 1. The van der Waals surface area contributed by atoms with Crippen LogP contribution in [-0.4, -0.2) is 41.2 Å². The van der Waals surface area contributed by atoms with Crippen LogP contribution in [0.2, 0.25) is 0 Å². The first-order valence-electron chi connectivity index (χ1n) is 6.79. The van der Waals surface area contributed by atoms with Gasteiger partial charge in [0, 0.05) is 29.7 Å². The van der Waals surface area contributed by atoms with E-state index in [9.17, 15) is 0 Å². The molecule has 0 saturated carbocycles. The summed E-state index contributed by atoms with van der Waals surface area (Å²) in [5.41, 5.74) is 0.999. The molecule has 6 heteroatoms. The molecule has 1 unspecified atom stereocenters. The summed E-state index contributed by atoms with van der Waals surface area (Å²) < 4.78 is 6.56. The van der Waals surface area contributed by atoms with Crippen molar-refractivity contribution in [3.05, 3.63) is 33.7 Å². The second-order valence-electron chi connectivity index (χ2n) is 4.90. The molecule has 0 bridgehead atoms. The van der Waals surface area contributed by atoms with E-state index < -0.39 is 0 Å². The van der Waals surface area contributed by atoms with Crippen LogP contribution in [0.5, 0.6) is 0 Å². The van der Waals surface area contributed by atoms with Gasteiger partial charge < -0.3 is 9.84 Å². The number of nitrogens with zero attached hydrogens (tertiary/aromatic N) is 3. The lowest BCUT2D eigenvalue weighted by Crippen LogP contribution is -2.44. The maximum Gasteiger partial charge on any atom is 0.259 e. The van der Waals surface area contributed by atoms with E-state index >= 15 is 0 Å². The number of benzene rings is 1. The van der Waals surface area contributed by atoms with Crippen molar-refractivity contribution >= 4 is 22.6 Å². The number of hydrogen-bond acceptors (Lipinski definition) is 5. The Morgan fingerprint density at radius 3 is 2.80 bits per heavy atom. The van der Waals surface area contributed by atoms with Crippen LogP contribution in [0.15, 0.2) is 28.8 Å². The predicted octanol–water partition coefficient (Wildman–Crippen LogP) is 2.31. The van der Waals surface area contributed by atoms with Gasteiger partial charge in [0.1, 0.15) is 0 Å². The molecule has 2 aromatic rings. The molecule has 1 saturated heterocycles. The van der Waals surface area contributed by atoms with E-state index in [4.69, 9.17) is 4.52 Å². The molecule has 0 aliphatic carbocycles. The summed E-state index contributed by atoms with van der Waals surface area (Å²) in [6, 6.07) is 8.23. The Hall–Kier alpha value is -0.990. The van der Waals surface area contributed by atoms with Gasteiger partial charge in [-0.15, -0.1) is 0 Å². The highest BCUT2D eigenvalue weighted by molar-refractivity contribution is 14.1. The molecule has 1 aromatic carbocycles. The molecule has 20 heavy (non-hydrogen) atoms. The lowest BCUT2D eigenvalue weighted by molar-refractivity contribution is 0.176. The van der Waals surface area contributed by atoms with Gasteiger partial charge in [-0.2, -0.15) is 4.98 Å². The largest absolute Gasteiger partial charge is 0.334 e. The predicted molar refractivity (Wildman–Crippen MR) is 85.3 cm³/mol. The average Bonchev–Trinajstić information content (AvgIpc) is 2.97. The zero-order valence-corrected chi connectivity index (χ0v) is 13.5. The van der Waals surface area contributed by atoms with Crippen molar-refractivity contribution in [2.75, 3.05) is 26.2 Å². The topological polar surface area (TPSA) is 54.2 Å². The maximum atomic E-state index is 5.44. The van der Waals surface area contributed by atoms with Gasteiger partial charge in [0.25, 0.3) is 5.89 Å². The molecular formula is C14H17IN4O. The van der Waals surface area contributed by atoms with E-state index in [1.807, 2.05) is 24.3 Å². The first kappa shape index (κ1) is 14.0. The summed E-state index contributed by atoms with van der Waals surface area (Å²) in [6.07, 6.45) is 0. The molecule has 106 valence electrons. The highest BCUT2D eigenvalue weighted by Crippen LogP contribution is 2.25. The molecule has 2 heterocycles. The minimum atomic E-state index is 0.191. The Morgan fingerprint density at radius 2 is 2.05 bits per heavy atom. The van der Waals surface area contributed by atoms with Gasteiger partial charge in [-0.3, -0.25) is 4.90 Å². The molecule has 0 radical (unpaired) electrons. The summed E-state index contributed by atoms with van der Waals surface area (Å²) >= 11 is 2.29. The second kappa shape index (κ2) is 6.19. The van der Waals surface area contributed by atoms with Crippen LogP contribution in [0.4, 0.5) is 0 Å². The zero-order chi connectivity index (χ0) is 13.9. The standard InChI is InChI=1S/C14H17IN4O/c1-10(19-8-6-16-7-9-19)13-17-14(20-18-13)11-4-2-3-5-12(11)15/h2-5,10,16H,6-9H2,1H3. The van der Waals surface area contributed by atoms with Crippen LogP contribution >= 0.6 is 22.6 Å². The molecule has 5 nitrogen and oxygen atoms in total. The molecule has 0 spiro atoms. The van der Waals surface area contributed by atoms with Crippen LogP contribution in [-0.2, 0) is 0 Å². The molecule has 1 N–H and O–H groups in total. The molecule has 1 aromatic heterocycles. The van der Waals surface area contributed by atoms with E-state index in [0.717, 1.165) is 41.1 Å². The SMILES string of the molecule is CC(c1noc(-c2ccccc2I)n1)N1CCNCC1. The summed E-state index contributed by atoms with van der Waals surface area (Å²) in [5.74, 6) is 1.37. The molecule has 1 aliphatic rings. The fraction of sp³-hybridized carbons (Fsp3) is 0.429. The monoisotopic (exact) mass is 384 g/mol. The normalized spacial score (nSPS) is 18.1. The highest BCUT2D eigenvalue weighted by Gasteiger charge is 2.23. The molecule has 1 aliphatic heterocycles. The van der Waals surface area contributed by atoms with Crippen LogP contribution in [0.3, 0.4) is 0 Å². The molecule has 1 atom stereocenters. The zero-order valence-electron chi connectivity index (χ0n) is 11.3. The van der Waals surface area contributed by atoms with Crippen LogP contribution in [0.1, 0.15) is 18.8 Å². The van der Waals surface area contributed by atoms with Gasteiger partial charge >= 0.3 is 0 Å². The van der Waals surface area contributed by atoms with Gasteiger partial charge in [0.05, 0.1) is 11.6 Å². The van der Waals surface area contributed by atoms with E-state index in [-0.39, 0.29) is 6.04 Å². The lowest BCUT2D eigenvalue weighted by atomic mass is 10.2. The van der Waals surface area contributed by atoms with Crippen molar-refractivity contribution in [3.63, 3.8) is 0 Å². The smallest absolute Gasteiger partial charge is 0.259 e. The summed E-state index contributed by atoms with van der Waals surface area (Å²) in [4.78, 5) is 6.95. The van der Waals surface area contributed by atoms with Gasteiger partial charge in [0.2, 0.25) is 0 Å². The lowest BCUT2D eigenvalue weighted by Gasteiger charge is -2.30. The van der Waals surface area contributed by atoms with Gasteiger partial charge in [0.15, 0.2) is 5.82 Å². The van der Waals surface area contributed by atoms with E-state index in [1.54, 1.807) is 0 Å². The van der Waals surface area contributed by atoms with Crippen LogP contribution in [0, 0.1) is 3.57 Å². The van der Waals surface area contributed by atoms with Crippen molar-refractivity contribution in [1.29, 1.82) is 0 Å². The third-order valence-corrected chi connectivity index (χ3v) is 4.56. The first-order valence-corrected chi connectivity index (χ1v) is 7.87. The minimum absolute atomic E-state index is 0.191. The van der Waals surface area contributed by atoms with E-state index in [0.29, 0.717) is 5.89 Å². The third-order valence-electron chi connectivity index (χ3n) is 3.62.